The van der Waals surface area contributed by atoms with Gasteiger partial charge in [0.05, 0.1) is 0 Å². The first-order valence-corrected chi connectivity index (χ1v) is 11.7. The van der Waals surface area contributed by atoms with Crippen molar-refractivity contribution in [1.82, 2.24) is 9.97 Å². The third-order valence-electron chi connectivity index (χ3n) is 5.17. The number of aromatic nitrogens is 2. The van der Waals surface area contributed by atoms with Gasteiger partial charge in [-0.3, -0.25) is 4.90 Å². The summed E-state index contributed by atoms with van der Waals surface area (Å²) in [6.07, 6.45) is 0.897. The molecule has 4 nitrogen and oxygen atoms in total. The topological polar surface area (TPSA) is 41.1 Å². The zero-order chi connectivity index (χ0) is 20.6. The summed E-state index contributed by atoms with van der Waals surface area (Å²) in [4.78, 5) is 14.7. The third-order valence-corrected chi connectivity index (χ3v) is 7.19. The monoisotopic (exact) mass is 438 g/mol. The van der Waals surface area contributed by atoms with Crippen LogP contribution in [-0.2, 0) is 6.42 Å². The van der Waals surface area contributed by atoms with Crippen LogP contribution in [0.15, 0.2) is 91.0 Å². The van der Waals surface area contributed by atoms with Crippen molar-refractivity contribution in [3.63, 3.8) is 0 Å². The molecule has 0 bridgehead atoms. The molecule has 0 saturated carbocycles. The number of para-hydroxylation sites is 3. The number of benzene rings is 3. The van der Waals surface area contributed by atoms with Crippen LogP contribution in [0.5, 0.6) is 0 Å². The van der Waals surface area contributed by atoms with Crippen LogP contribution >= 0.6 is 22.7 Å². The van der Waals surface area contributed by atoms with Crippen LogP contribution in [-0.4, -0.2) is 9.97 Å². The van der Waals surface area contributed by atoms with Crippen molar-refractivity contribution in [1.29, 1.82) is 0 Å². The molecule has 1 N–H and O–H groups in total. The van der Waals surface area contributed by atoms with Crippen LogP contribution < -0.4 is 10.2 Å². The number of anilines is 5. The number of hydrogen-bond donors (Lipinski definition) is 1. The number of nitrogens with zero attached hydrogens (tertiary/aromatic N) is 3. The van der Waals surface area contributed by atoms with Crippen LogP contribution in [0.1, 0.15) is 9.75 Å². The zero-order valence-corrected chi connectivity index (χ0v) is 18.2. The lowest BCUT2D eigenvalue weighted by atomic mass is 10.2. The molecule has 31 heavy (non-hydrogen) atoms. The van der Waals surface area contributed by atoms with Gasteiger partial charge < -0.3 is 5.32 Å². The Morgan fingerprint density at radius 2 is 1.19 bits per heavy atom. The van der Waals surface area contributed by atoms with Gasteiger partial charge in [0.1, 0.15) is 11.4 Å². The van der Waals surface area contributed by atoms with Gasteiger partial charge in [-0.2, -0.15) is 0 Å². The maximum absolute atomic E-state index is 5.07. The second-order valence-corrected chi connectivity index (χ2v) is 9.38. The fourth-order valence-corrected chi connectivity index (χ4v) is 5.97. The summed E-state index contributed by atoms with van der Waals surface area (Å²) >= 11 is 3.47. The number of fused-ring (bicyclic) bond motifs is 3. The molecule has 150 valence electrons. The highest BCUT2D eigenvalue weighted by molar-refractivity contribution is 7.18. The summed E-state index contributed by atoms with van der Waals surface area (Å²) in [6, 6.07) is 31.0. The molecule has 6 heteroatoms. The fourth-order valence-electron chi connectivity index (χ4n) is 3.76. The SMILES string of the molecule is c1ccc(Nc2nc3c(s2)Cc2sc(N(c4ccccc4)c4ccccc4)nc2-3)cc1. The van der Waals surface area contributed by atoms with Gasteiger partial charge in [-0.1, -0.05) is 54.6 Å². The van der Waals surface area contributed by atoms with E-state index in [1.807, 2.05) is 30.3 Å². The molecule has 0 radical (unpaired) electrons. The minimum atomic E-state index is 0.897. The van der Waals surface area contributed by atoms with E-state index in [1.54, 1.807) is 22.7 Å². The molecular formula is C25H18N4S2. The van der Waals surface area contributed by atoms with Gasteiger partial charge >= 0.3 is 0 Å². The van der Waals surface area contributed by atoms with Crippen molar-refractivity contribution in [3.8, 4) is 11.4 Å². The van der Waals surface area contributed by atoms with Crippen LogP contribution in [0.4, 0.5) is 27.3 Å². The Morgan fingerprint density at radius 1 is 0.645 bits per heavy atom. The Bertz CT molecular complexity index is 1290. The summed E-state index contributed by atoms with van der Waals surface area (Å²) in [5, 5.41) is 5.31. The molecule has 1 aliphatic carbocycles. The molecule has 2 aromatic heterocycles. The highest BCUT2D eigenvalue weighted by atomic mass is 32.1. The van der Waals surface area contributed by atoms with Crippen LogP contribution in [0.3, 0.4) is 0 Å². The Kier molecular flexibility index (Phi) is 4.52. The molecule has 1 aliphatic rings. The summed E-state index contributed by atoms with van der Waals surface area (Å²) in [6.45, 7) is 0. The Morgan fingerprint density at radius 3 is 1.84 bits per heavy atom. The Balaban J connectivity index is 1.37. The van der Waals surface area contributed by atoms with E-state index in [-0.39, 0.29) is 0 Å². The van der Waals surface area contributed by atoms with E-state index in [0.717, 1.165) is 45.1 Å². The smallest absolute Gasteiger partial charge is 0.195 e. The molecule has 0 aliphatic heterocycles. The largest absolute Gasteiger partial charge is 0.332 e. The lowest BCUT2D eigenvalue weighted by Crippen LogP contribution is -2.09. The van der Waals surface area contributed by atoms with Gasteiger partial charge in [-0.25, -0.2) is 9.97 Å². The van der Waals surface area contributed by atoms with Crippen LogP contribution in [0.2, 0.25) is 0 Å². The maximum Gasteiger partial charge on any atom is 0.195 e. The van der Waals surface area contributed by atoms with E-state index in [0.29, 0.717) is 0 Å². The number of rotatable bonds is 5. The first-order chi connectivity index (χ1) is 15.3. The van der Waals surface area contributed by atoms with Gasteiger partial charge in [-0.15, -0.1) is 22.7 Å². The van der Waals surface area contributed by atoms with Crippen molar-refractivity contribution >= 4 is 50.0 Å². The molecule has 0 fully saturated rings. The average Bonchev–Trinajstić information content (AvgIpc) is 3.47. The van der Waals surface area contributed by atoms with E-state index in [4.69, 9.17) is 9.97 Å². The van der Waals surface area contributed by atoms with E-state index in [9.17, 15) is 0 Å². The Hall–Kier alpha value is -3.48. The lowest BCUT2D eigenvalue weighted by Gasteiger charge is -2.22. The second kappa shape index (κ2) is 7.65. The predicted molar refractivity (Wildman–Crippen MR) is 130 cm³/mol. The van der Waals surface area contributed by atoms with Crippen molar-refractivity contribution in [2.75, 3.05) is 10.2 Å². The van der Waals surface area contributed by atoms with Gasteiger partial charge in [-0.05, 0) is 36.4 Å². The normalized spacial score (nSPS) is 11.7. The highest BCUT2D eigenvalue weighted by Gasteiger charge is 2.30. The Labute approximate surface area is 188 Å². The summed E-state index contributed by atoms with van der Waals surface area (Å²) in [5.74, 6) is 0. The molecule has 0 amide bonds. The van der Waals surface area contributed by atoms with Crippen molar-refractivity contribution < 1.29 is 0 Å². The summed E-state index contributed by atoms with van der Waals surface area (Å²) in [7, 11) is 0. The maximum atomic E-state index is 5.07. The fraction of sp³-hybridized carbons (Fsp3) is 0.0400. The van der Waals surface area contributed by atoms with Crippen LogP contribution in [0.25, 0.3) is 11.4 Å². The molecule has 3 aromatic carbocycles. The molecular weight excluding hydrogens is 420 g/mol. The van der Waals surface area contributed by atoms with Crippen molar-refractivity contribution in [3.05, 3.63) is 101 Å². The number of hydrogen-bond acceptors (Lipinski definition) is 6. The first-order valence-electron chi connectivity index (χ1n) is 10.1. The average molecular weight is 439 g/mol. The standard InChI is InChI=1S/C25H18N4S2/c1-4-10-17(11-5-1)26-24-27-22-20(30-24)16-21-23(22)28-25(31-21)29(18-12-6-2-7-13-18)19-14-8-3-9-15-19/h1-15H,16H2,(H,26,27). The third kappa shape index (κ3) is 3.40. The quantitative estimate of drug-likeness (QED) is 0.305. The summed E-state index contributed by atoms with van der Waals surface area (Å²) in [5.41, 5.74) is 5.29. The molecule has 0 atom stereocenters. The zero-order valence-electron chi connectivity index (χ0n) is 16.5. The van der Waals surface area contributed by atoms with E-state index in [1.165, 1.54) is 9.75 Å². The minimum absolute atomic E-state index is 0.897. The van der Waals surface area contributed by atoms with Crippen LogP contribution in [0, 0.1) is 0 Å². The van der Waals surface area contributed by atoms with E-state index < -0.39 is 0 Å². The molecule has 0 unspecified atom stereocenters. The van der Waals surface area contributed by atoms with Gasteiger partial charge in [0, 0.05) is 33.2 Å². The van der Waals surface area contributed by atoms with Crippen molar-refractivity contribution in [2.24, 2.45) is 0 Å². The van der Waals surface area contributed by atoms with Crippen molar-refractivity contribution in [2.45, 2.75) is 6.42 Å². The van der Waals surface area contributed by atoms with Gasteiger partial charge in [0.25, 0.3) is 0 Å². The lowest BCUT2D eigenvalue weighted by molar-refractivity contribution is 1.22. The highest BCUT2D eigenvalue weighted by Crippen LogP contribution is 2.47. The predicted octanol–water partition coefficient (Wildman–Crippen LogP) is 7.38. The second-order valence-electron chi connectivity index (χ2n) is 7.23. The number of thiazole rings is 2. The van der Waals surface area contributed by atoms with E-state index >= 15 is 0 Å². The molecule has 0 saturated heterocycles. The van der Waals surface area contributed by atoms with Gasteiger partial charge in [0.2, 0.25) is 0 Å². The summed E-state index contributed by atoms with van der Waals surface area (Å²) < 4.78 is 0. The van der Waals surface area contributed by atoms with Gasteiger partial charge in [0.15, 0.2) is 10.3 Å². The molecule has 5 aromatic rings. The minimum Gasteiger partial charge on any atom is -0.332 e. The molecule has 6 rings (SSSR count). The number of nitrogens with one attached hydrogen (secondary N) is 1. The molecule has 0 spiro atoms. The first kappa shape index (κ1) is 18.3. The van der Waals surface area contributed by atoms with E-state index in [2.05, 4.69) is 70.9 Å². The molecule has 2 heterocycles.